The fourth-order valence-corrected chi connectivity index (χ4v) is 3.87. The first-order valence-corrected chi connectivity index (χ1v) is 7.50. The van der Waals surface area contributed by atoms with Crippen molar-refractivity contribution in [2.24, 2.45) is 11.3 Å². The van der Waals surface area contributed by atoms with Crippen molar-refractivity contribution in [3.05, 3.63) is 41.5 Å². The number of hydrogen-bond donors (Lipinski definition) is 0. The van der Waals surface area contributed by atoms with Gasteiger partial charge in [-0.25, -0.2) is 0 Å². The van der Waals surface area contributed by atoms with E-state index < -0.39 is 0 Å². The molecule has 1 aromatic rings. The molecule has 0 N–H and O–H groups in total. The molecule has 1 heteroatoms. The molecule has 1 nitrogen and oxygen atoms in total. The van der Waals surface area contributed by atoms with Crippen molar-refractivity contribution in [3.8, 4) is 0 Å². The first kappa shape index (κ1) is 12.7. The predicted octanol–water partition coefficient (Wildman–Crippen LogP) is 4.63. The zero-order valence-electron chi connectivity index (χ0n) is 11.7. The van der Waals surface area contributed by atoms with Gasteiger partial charge in [0, 0.05) is 5.41 Å². The van der Waals surface area contributed by atoms with Gasteiger partial charge >= 0.3 is 0 Å². The number of hydrogen-bond acceptors (Lipinski definition) is 1. The fraction of sp³-hybridized carbons (Fsp3) is 0.500. The highest BCUT2D eigenvalue weighted by molar-refractivity contribution is 6.04. The Morgan fingerprint density at radius 1 is 1.16 bits per heavy atom. The molecule has 0 amide bonds. The quantitative estimate of drug-likeness (QED) is 0.668. The molecule has 19 heavy (non-hydrogen) atoms. The average Bonchev–Trinajstić information content (AvgIpc) is 2.44. The molecule has 0 unspecified atom stereocenters. The van der Waals surface area contributed by atoms with Crippen LogP contribution in [0, 0.1) is 11.3 Å². The number of carbonyl (C=O) groups excluding carboxylic acids is 1. The fourth-order valence-electron chi connectivity index (χ4n) is 3.87. The molecule has 0 spiro atoms. The van der Waals surface area contributed by atoms with Gasteiger partial charge in [0.15, 0.2) is 5.78 Å². The lowest BCUT2D eigenvalue weighted by molar-refractivity contribution is -0.131. The molecule has 0 radical (unpaired) electrons. The largest absolute Gasteiger partial charge is 0.294 e. The van der Waals surface area contributed by atoms with Crippen LogP contribution in [0.3, 0.4) is 0 Å². The Balaban J connectivity index is 1.89. The summed E-state index contributed by atoms with van der Waals surface area (Å²) in [5.41, 5.74) is 2.13. The molecule has 0 heterocycles. The second-order valence-corrected chi connectivity index (χ2v) is 6.31. The standard InChI is InChI=1S/C18H22O/c1-18-12-6-5-9-16(18)11-10-15(17(18)19)13-14-7-3-2-4-8-14/h2-4,7-8,13,16H,5-6,9-12H2,1H3/b15-13-/t16-,18-/m0/s1. The van der Waals surface area contributed by atoms with Gasteiger partial charge in [-0.15, -0.1) is 0 Å². The lowest BCUT2D eigenvalue weighted by Crippen LogP contribution is -2.42. The number of ketones is 1. The molecule has 0 aromatic heterocycles. The number of carbonyl (C=O) groups is 1. The molecule has 2 aliphatic carbocycles. The molecular weight excluding hydrogens is 232 g/mol. The first-order chi connectivity index (χ1) is 9.20. The predicted molar refractivity (Wildman–Crippen MR) is 78.7 cm³/mol. The van der Waals surface area contributed by atoms with E-state index in [1.54, 1.807) is 0 Å². The van der Waals surface area contributed by atoms with Gasteiger partial charge in [0.2, 0.25) is 0 Å². The van der Waals surface area contributed by atoms with E-state index in [0.717, 1.165) is 24.0 Å². The van der Waals surface area contributed by atoms with E-state index in [1.807, 2.05) is 18.2 Å². The highest BCUT2D eigenvalue weighted by Crippen LogP contribution is 2.49. The molecule has 0 aliphatic heterocycles. The van der Waals surface area contributed by atoms with Gasteiger partial charge in [0.1, 0.15) is 0 Å². The molecule has 2 atom stereocenters. The molecule has 2 fully saturated rings. The van der Waals surface area contributed by atoms with Gasteiger partial charge < -0.3 is 0 Å². The third-order valence-electron chi connectivity index (χ3n) is 5.11. The number of benzene rings is 1. The van der Waals surface area contributed by atoms with Crippen LogP contribution in [0.1, 0.15) is 51.0 Å². The van der Waals surface area contributed by atoms with Crippen molar-refractivity contribution in [1.29, 1.82) is 0 Å². The highest BCUT2D eigenvalue weighted by Gasteiger charge is 2.46. The zero-order valence-corrected chi connectivity index (χ0v) is 11.7. The van der Waals surface area contributed by atoms with Crippen molar-refractivity contribution < 1.29 is 4.79 Å². The van der Waals surface area contributed by atoms with Gasteiger partial charge in [-0.1, -0.05) is 50.1 Å². The summed E-state index contributed by atoms with van der Waals surface area (Å²) in [6, 6.07) is 10.2. The summed E-state index contributed by atoms with van der Waals surface area (Å²) < 4.78 is 0. The third kappa shape index (κ3) is 2.27. The van der Waals surface area contributed by atoms with E-state index in [4.69, 9.17) is 0 Å². The number of fused-ring (bicyclic) bond motifs is 1. The van der Waals surface area contributed by atoms with E-state index in [2.05, 4.69) is 25.1 Å². The Hall–Kier alpha value is -1.37. The Kier molecular flexibility index (Phi) is 3.30. The summed E-state index contributed by atoms with van der Waals surface area (Å²) in [4.78, 5) is 12.8. The van der Waals surface area contributed by atoms with Crippen LogP contribution in [0.5, 0.6) is 0 Å². The van der Waals surface area contributed by atoms with Crippen LogP contribution in [0.15, 0.2) is 35.9 Å². The monoisotopic (exact) mass is 254 g/mol. The van der Waals surface area contributed by atoms with Crippen LogP contribution in [-0.2, 0) is 4.79 Å². The second kappa shape index (κ2) is 4.96. The maximum absolute atomic E-state index is 12.8. The SMILES string of the molecule is C[C@]12CCCC[C@H]1CC/C(=C/c1ccccc1)C2=O. The van der Waals surface area contributed by atoms with Gasteiger partial charge in [0.05, 0.1) is 0 Å². The minimum atomic E-state index is -0.0723. The van der Waals surface area contributed by atoms with Crippen LogP contribution >= 0.6 is 0 Å². The Morgan fingerprint density at radius 3 is 2.74 bits per heavy atom. The van der Waals surface area contributed by atoms with E-state index in [9.17, 15) is 4.79 Å². The first-order valence-electron chi connectivity index (χ1n) is 7.50. The maximum Gasteiger partial charge on any atom is 0.165 e. The van der Waals surface area contributed by atoms with Gasteiger partial charge in [-0.3, -0.25) is 4.79 Å². The third-order valence-corrected chi connectivity index (χ3v) is 5.11. The molecule has 1 aromatic carbocycles. The zero-order chi connectivity index (χ0) is 13.3. The Morgan fingerprint density at radius 2 is 1.95 bits per heavy atom. The van der Waals surface area contributed by atoms with Gasteiger partial charge in [0.25, 0.3) is 0 Å². The van der Waals surface area contributed by atoms with Gasteiger partial charge in [-0.2, -0.15) is 0 Å². The van der Waals surface area contributed by atoms with Crippen LogP contribution in [0.4, 0.5) is 0 Å². The van der Waals surface area contributed by atoms with Crippen LogP contribution < -0.4 is 0 Å². The molecule has 2 saturated carbocycles. The molecule has 0 bridgehead atoms. The maximum atomic E-state index is 12.8. The van der Waals surface area contributed by atoms with Crippen molar-refractivity contribution in [2.45, 2.75) is 45.4 Å². The molecule has 100 valence electrons. The van der Waals surface area contributed by atoms with E-state index >= 15 is 0 Å². The normalized spacial score (nSPS) is 33.2. The van der Waals surface area contributed by atoms with Crippen LogP contribution in [0.25, 0.3) is 6.08 Å². The van der Waals surface area contributed by atoms with Crippen LogP contribution in [-0.4, -0.2) is 5.78 Å². The average molecular weight is 254 g/mol. The smallest absolute Gasteiger partial charge is 0.165 e. The molecule has 0 saturated heterocycles. The highest BCUT2D eigenvalue weighted by atomic mass is 16.1. The van der Waals surface area contributed by atoms with Crippen molar-refractivity contribution in [2.75, 3.05) is 0 Å². The lowest BCUT2D eigenvalue weighted by atomic mass is 9.58. The van der Waals surface area contributed by atoms with Crippen molar-refractivity contribution >= 4 is 11.9 Å². The molecule has 2 aliphatic rings. The van der Waals surface area contributed by atoms with Gasteiger partial charge in [-0.05, 0) is 48.8 Å². The van der Waals surface area contributed by atoms with E-state index in [0.29, 0.717) is 11.7 Å². The van der Waals surface area contributed by atoms with E-state index in [1.165, 1.54) is 25.7 Å². The Bertz CT molecular complexity index is 500. The van der Waals surface area contributed by atoms with Crippen molar-refractivity contribution in [1.82, 2.24) is 0 Å². The number of Topliss-reactive ketones (excluding diaryl/α,β-unsaturated/α-hetero) is 1. The Labute approximate surface area is 115 Å². The minimum absolute atomic E-state index is 0.0723. The van der Waals surface area contributed by atoms with Crippen molar-refractivity contribution in [3.63, 3.8) is 0 Å². The number of rotatable bonds is 1. The number of allylic oxidation sites excluding steroid dienone is 1. The summed E-state index contributed by atoms with van der Waals surface area (Å²) in [5, 5.41) is 0. The van der Waals surface area contributed by atoms with E-state index in [-0.39, 0.29) is 5.41 Å². The lowest BCUT2D eigenvalue weighted by Gasteiger charge is -2.44. The summed E-state index contributed by atoms with van der Waals surface area (Å²) in [6.07, 6.45) is 9.14. The van der Waals surface area contributed by atoms with Crippen LogP contribution in [0.2, 0.25) is 0 Å². The summed E-state index contributed by atoms with van der Waals surface area (Å²) in [5.74, 6) is 1.05. The molecule has 3 rings (SSSR count). The topological polar surface area (TPSA) is 17.1 Å². The summed E-state index contributed by atoms with van der Waals surface area (Å²) in [7, 11) is 0. The summed E-state index contributed by atoms with van der Waals surface area (Å²) in [6.45, 7) is 2.21. The minimum Gasteiger partial charge on any atom is -0.294 e. The second-order valence-electron chi connectivity index (χ2n) is 6.31. The summed E-state index contributed by atoms with van der Waals surface area (Å²) >= 11 is 0. The molecular formula is C18H22O.